The second-order valence-electron chi connectivity index (χ2n) is 6.77. The molecule has 1 saturated heterocycles. The molecule has 0 atom stereocenters. The molecule has 3 rings (SSSR count). The monoisotopic (exact) mass is 393 g/mol. The third kappa shape index (κ3) is 6.02. The van der Waals surface area contributed by atoms with E-state index in [1.807, 2.05) is 23.9 Å². The fraction of sp³-hybridized carbons (Fsp3) is 0.650. The average Bonchev–Trinajstić information content (AvgIpc) is 2.74. The maximum Gasteiger partial charge on any atom is 0.159 e. The molecular weight excluding hydrogens is 362 g/mol. The summed E-state index contributed by atoms with van der Waals surface area (Å²) < 4.78 is 16.4. The van der Waals surface area contributed by atoms with Crippen molar-refractivity contribution in [1.29, 1.82) is 0 Å². The quantitative estimate of drug-likeness (QED) is 0.677. The Labute approximate surface area is 166 Å². The molecule has 7 heteroatoms. The molecule has 0 N–H and O–H groups in total. The first-order valence-corrected chi connectivity index (χ1v) is 10.7. The predicted octanol–water partition coefficient (Wildman–Crippen LogP) is 2.72. The molecule has 0 bridgehead atoms. The number of hydrogen-bond donors (Lipinski definition) is 0. The fourth-order valence-corrected chi connectivity index (χ4v) is 4.36. The Morgan fingerprint density at radius 1 is 1.22 bits per heavy atom. The van der Waals surface area contributed by atoms with E-state index in [2.05, 4.69) is 15.9 Å². The number of thioether (sulfide) groups is 1. The molecule has 6 nitrogen and oxygen atoms in total. The third-order valence-corrected chi connectivity index (χ3v) is 6.05. The van der Waals surface area contributed by atoms with Crippen molar-refractivity contribution in [3.63, 3.8) is 0 Å². The number of rotatable bonds is 8. The third-order valence-electron chi connectivity index (χ3n) is 4.91. The largest absolute Gasteiger partial charge is 0.497 e. The van der Waals surface area contributed by atoms with E-state index in [-0.39, 0.29) is 0 Å². The number of amidine groups is 1. The number of hydrogen-bond acceptors (Lipinski definition) is 7. The summed E-state index contributed by atoms with van der Waals surface area (Å²) in [5.41, 5.74) is 1.17. The minimum atomic E-state index is 0.808. The SMILES string of the molecule is COc1ccc(CN(CCCN2CCOCC2)C2=NCCCS2)c(OC)c1. The van der Waals surface area contributed by atoms with Crippen molar-refractivity contribution >= 4 is 16.9 Å². The predicted molar refractivity (Wildman–Crippen MR) is 111 cm³/mol. The van der Waals surface area contributed by atoms with Gasteiger partial charge in [0.05, 0.1) is 27.4 Å². The van der Waals surface area contributed by atoms with Gasteiger partial charge in [-0.3, -0.25) is 9.89 Å². The van der Waals surface area contributed by atoms with E-state index >= 15 is 0 Å². The van der Waals surface area contributed by atoms with Crippen molar-refractivity contribution in [1.82, 2.24) is 9.80 Å². The van der Waals surface area contributed by atoms with E-state index in [1.165, 1.54) is 17.2 Å². The van der Waals surface area contributed by atoms with E-state index in [4.69, 9.17) is 19.2 Å². The zero-order chi connectivity index (χ0) is 18.9. The van der Waals surface area contributed by atoms with Gasteiger partial charge in [0, 0.05) is 56.7 Å². The van der Waals surface area contributed by atoms with Crippen LogP contribution in [0.15, 0.2) is 23.2 Å². The van der Waals surface area contributed by atoms with Crippen molar-refractivity contribution in [3.05, 3.63) is 23.8 Å². The van der Waals surface area contributed by atoms with Gasteiger partial charge in [-0.05, 0) is 25.0 Å². The lowest BCUT2D eigenvalue weighted by Crippen LogP contribution is -2.39. The molecule has 0 unspecified atom stereocenters. The van der Waals surface area contributed by atoms with E-state index in [1.54, 1.807) is 14.2 Å². The summed E-state index contributed by atoms with van der Waals surface area (Å²) in [6.45, 7) is 7.65. The Kier molecular flexibility index (Phi) is 8.10. The summed E-state index contributed by atoms with van der Waals surface area (Å²) in [5.74, 6) is 2.84. The molecule has 0 aliphatic carbocycles. The average molecular weight is 394 g/mol. The molecule has 0 aromatic heterocycles. The van der Waals surface area contributed by atoms with Crippen LogP contribution in [-0.2, 0) is 11.3 Å². The Hall–Kier alpha value is -1.44. The first kappa shape index (κ1) is 20.3. The highest BCUT2D eigenvalue weighted by molar-refractivity contribution is 8.13. The van der Waals surface area contributed by atoms with Crippen molar-refractivity contribution in [2.45, 2.75) is 19.4 Å². The van der Waals surface area contributed by atoms with Crippen LogP contribution in [0.3, 0.4) is 0 Å². The normalized spacial score (nSPS) is 18.1. The second kappa shape index (κ2) is 10.8. The van der Waals surface area contributed by atoms with Gasteiger partial charge in [0.2, 0.25) is 0 Å². The van der Waals surface area contributed by atoms with E-state index in [0.717, 1.165) is 76.2 Å². The highest BCUT2D eigenvalue weighted by atomic mass is 32.2. The molecule has 2 aliphatic heterocycles. The highest BCUT2D eigenvalue weighted by Crippen LogP contribution is 2.27. The Morgan fingerprint density at radius 3 is 2.78 bits per heavy atom. The number of ether oxygens (including phenoxy) is 3. The summed E-state index contributed by atoms with van der Waals surface area (Å²) in [7, 11) is 3.40. The van der Waals surface area contributed by atoms with E-state index in [0.29, 0.717) is 0 Å². The van der Waals surface area contributed by atoms with Gasteiger partial charge in [-0.2, -0.15) is 0 Å². The van der Waals surface area contributed by atoms with Crippen LogP contribution in [0.4, 0.5) is 0 Å². The molecule has 0 radical (unpaired) electrons. The Bertz CT molecular complexity index is 620. The lowest BCUT2D eigenvalue weighted by Gasteiger charge is -2.30. The smallest absolute Gasteiger partial charge is 0.159 e. The minimum absolute atomic E-state index is 0.808. The van der Waals surface area contributed by atoms with Gasteiger partial charge in [0.25, 0.3) is 0 Å². The number of nitrogens with zero attached hydrogens (tertiary/aromatic N) is 3. The van der Waals surface area contributed by atoms with Crippen LogP contribution in [0.5, 0.6) is 11.5 Å². The van der Waals surface area contributed by atoms with Crippen molar-refractivity contribution in [2.24, 2.45) is 4.99 Å². The number of methoxy groups -OCH3 is 2. The number of morpholine rings is 1. The van der Waals surface area contributed by atoms with Gasteiger partial charge >= 0.3 is 0 Å². The summed E-state index contributed by atoms with van der Waals surface area (Å²) in [5, 5.41) is 1.17. The van der Waals surface area contributed by atoms with Gasteiger partial charge < -0.3 is 19.1 Å². The highest BCUT2D eigenvalue weighted by Gasteiger charge is 2.18. The van der Waals surface area contributed by atoms with Crippen LogP contribution in [0.2, 0.25) is 0 Å². The molecule has 1 aromatic rings. The zero-order valence-electron chi connectivity index (χ0n) is 16.5. The molecule has 150 valence electrons. The molecule has 0 saturated carbocycles. The lowest BCUT2D eigenvalue weighted by atomic mass is 10.1. The summed E-state index contributed by atoms with van der Waals surface area (Å²) in [4.78, 5) is 9.69. The van der Waals surface area contributed by atoms with Crippen LogP contribution in [0, 0.1) is 0 Å². The maximum absolute atomic E-state index is 5.60. The first-order valence-electron chi connectivity index (χ1n) is 9.73. The van der Waals surface area contributed by atoms with Crippen LogP contribution in [-0.4, -0.2) is 80.9 Å². The summed E-state index contributed by atoms with van der Waals surface area (Å²) in [6.07, 6.45) is 2.29. The van der Waals surface area contributed by atoms with Crippen LogP contribution >= 0.6 is 11.8 Å². The summed E-state index contributed by atoms with van der Waals surface area (Å²) >= 11 is 1.87. The summed E-state index contributed by atoms with van der Waals surface area (Å²) in [6, 6.07) is 6.05. The van der Waals surface area contributed by atoms with Crippen LogP contribution in [0.1, 0.15) is 18.4 Å². The van der Waals surface area contributed by atoms with Gasteiger partial charge in [0.15, 0.2) is 5.17 Å². The molecule has 2 heterocycles. The van der Waals surface area contributed by atoms with Gasteiger partial charge in [-0.15, -0.1) is 0 Å². The molecular formula is C20H31N3O3S. The standard InChI is InChI=1S/C20H31N3O3S/c1-24-18-6-5-17(19(15-18)25-2)16-23(20-21-7-3-14-27-20)9-4-8-22-10-12-26-13-11-22/h5-6,15H,3-4,7-14,16H2,1-2H3. The fourth-order valence-electron chi connectivity index (χ4n) is 3.38. The molecule has 27 heavy (non-hydrogen) atoms. The molecule has 0 spiro atoms. The van der Waals surface area contributed by atoms with Crippen LogP contribution < -0.4 is 9.47 Å². The van der Waals surface area contributed by atoms with Crippen molar-refractivity contribution in [2.75, 3.05) is 65.9 Å². The molecule has 2 aliphatic rings. The van der Waals surface area contributed by atoms with Crippen molar-refractivity contribution < 1.29 is 14.2 Å². The molecule has 0 amide bonds. The van der Waals surface area contributed by atoms with Gasteiger partial charge in [-0.1, -0.05) is 11.8 Å². The first-order chi connectivity index (χ1) is 13.3. The zero-order valence-corrected chi connectivity index (χ0v) is 17.3. The topological polar surface area (TPSA) is 46.5 Å². The van der Waals surface area contributed by atoms with Gasteiger partial charge in [0.1, 0.15) is 11.5 Å². The molecule has 1 aromatic carbocycles. The lowest BCUT2D eigenvalue weighted by molar-refractivity contribution is 0.0368. The maximum atomic E-state index is 5.60. The van der Waals surface area contributed by atoms with Crippen molar-refractivity contribution in [3.8, 4) is 11.5 Å². The Balaban J connectivity index is 1.65. The molecule has 1 fully saturated rings. The minimum Gasteiger partial charge on any atom is -0.497 e. The van der Waals surface area contributed by atoms with Crippen LogP contribution in [0.25, 0.3) is 0 Å². The van der Waals surface area contributed by atoms with Gasteiger partial charge in [-0.25, -0.2) is 0 Å². The number of benzene rings is 1. The van der Waals surface area contributed by atoms with E-state index in [9.17, 15) is 0 Å². The van der Waals surface area contributed by atoms with E-state index < -0.39 is 0 Å². The Morgan fingerprint density at radius 2 is 2.07 bits per heavy atom. The second-order valence-corrected chi connectivity index (χ2v) is 7.84. The number of aliphatic imine (C=N–C) groups is 1.